The fraction of sp³-hybridized carbons (Fsp3) is 0.400. The number of hydrazine groups is 1. The number of benzene rings is 1. The standard InChI is InChI=1S/C10H16N4O5S/c1-7-5-8(13-11)9(14(15)16)6-10(7)20(17,18)12-3-4-19-2/h5-6,12-13H,3-4,11H2,1-2H3. The van der Waals surface area contributed by atoms with Gasteiger partial charge in [-0.3, -0.25) is 16.0 Å². The van der Waals surface area contributed by atoms with E-state index in [1.54, 1.807) is 0 Å². The van der Waals surface area contributed by atoms with Gasteiger partial charge in [0.15, 0.2) is 0 Å². The third-order valence-electron chi connectivity index (χ3n) is 2.53. The fourth-order valence-electron chi connectivity index (χ4n) is 1.59. The Hall–Kier alpha value is -1.75. The number of nitrogen functional groups attached to an aromatic ring is 1. The second-order valence-electron chi connectivity index (χ2n) is 3.93. The highest BCUT2D eigenvalue weighted by Crippen LogP contribution is 2.29. The summed E-state index contributed by atoms with van der Waals surface area (Å²) in [6.45, 7) is 1.79. The van der Waals surface area contributed by atoms with Crippen molar-refractivity contribution in [3.63, 3.8) is 0 Å². The van der Waals surface area contributed by atoms with Crippen LogP contribution in [-0.4, -0.2) is 33.6 Å². The molecule has 0 aromatic heterocycles. The first-order valence-electron chi connectivity index (χ1n) is 5.57. The number of aryl methyl sites for hydroxylation is 1. The zero-order valence-corrected chi connectivity index (χ0v) is 11.9. The molecule has 9 nitrogen and oxygen atoms in total. The van der Waals surface area contributed by atoms with Gasteiger partial charge in [0.1, 0.15) is 5.69 Å². The maximum absolute atomic E-state index is 12.1. The van der Waals surface area contributed by atoms with E-state index >= 15 is 0 Å². The van der Waals surface area contributed by atoms with Gasteiger partial charge in [-0.05, 0) is 18.6 Å². The van der Waals surface area contributed by atoms with E-state index in [9.17, 15) is 18.5 Å². The highest BCUT2D eigenvalue weighted by molar-refractivity contribution is 7.89. The maximum atomic E-state index is 12.1. The zero-order valence-electron chi connectivity index (χ0n) is 11.0. The molecule has 20 heavy (non-hydrogen) atoms. The molecule has 0 aliphatic heterocycles. The van der Waals surface area contributed by atoms with Crippen LogP contribution in [0.25, 0.3) is 0 Å². The van der Waals surface area contributed by atoms with Crippen LogP contribution >= 0.6 is 0 Å². The van der Waals surface area contributed by atoms with Gasteiger partial charge in [0.25, 0.3) is 5.69 Å². The third-order valence-corrected chi connectivity index (χ3v) is 4.14. The molecule has 1 aromatic carbocycles. The summed E-state index contributed by atoms with van der Waals surface area (Å²) < 4.78 is 31.2. The molecule has 0 saturated heterocycles. The molecule has 10 heteroatoms. The lowest BCUT2D eigenvalue weighted by Crippen LogP contribution is -2.28. The lowest BCUT2D eigenvalue weighted by atomic mass is 10.2. The van der Waals surface area contributed by atoms with Crippen LogP contribution in [0.5, 0.6) is 0 Å². The Balaban J connectivity index is 3.24. The molecule has 112 valence electrons. The molecule has 0 spiro atoms. The van der Waals surface area contributed by atoms with Crippen LogP contribution < -0.4 is 16.0 Å². The summed E-state index contributed by atoms with van der Waals surface area (Å²) in [6.07, 6.45) is 0. The van der Waals surface area contributed by atoms with Crippen molar-refractivity contribution in [1.29, 1.82) is 0 Å². The monoisotopic (exact) mass is 304 g/mol. The van der Waals surface area contributed by atoms with E-state index in [0.717, 1.165) is 6.07 Å². The Morgan fingerprint density at radius 2 is 2.10 bits per heavy atom. The maximum Gasteiger partial charge on any atom is 0.295 e. The molecule has 0 atom stereocenters. The van der Waals surface area contributed by atoms with Crippen molar-refractivity contribution in [2.45, 2.75) is 11.8 Å². The lowest BCUT2D eigenvalue weighted by molar-refractivity contribution is -0.384. The molecule has 1 aromatic rings. The zero-order chi connectivity index (χ0) is 15.3. The number of ether oxygens (including phenoxy) is 1. The largest absolute Gasteiger partial charge is 0.383 e. The molecule has 0 bridgehead atoms. The van der Waals surface area contributed by atoms with Crippen LogP contribution in [0.15, 0.2) is 17.0 Å². The highest BCUT2D eigenvalue weighted by atomic mass is 32.2. The first-order chi connectivity index (χ1) is 9.33. The molecule has 1 rings (SSSR count). The van der Waals surface area contributed by atoms with E-state index in [4.69, 9.17) is 10.6 Å². The van der Waals surface area contributed by atoms with Gasteiger partial charge in [0.05, 0.1) is 16.4 Å². The number of hydrogen-bond donors (Lipinski definition) is 3. The number of hydrogen-bond acceptors (Lipinski definition) is 7. The van der Waals surface area contributed by atoms with E-state index < -0.39 is 20.6 Å². The predicted octanol–water partition coefficient (Wildman–Crippen LogP) is 0.114. The smallest absolute Gasteiger partial charge is 0.295 e. The minimum atomic E-state index is -3.85. The molecular weight excluding hydrogens is 288 g/mol. The Labute approximate surface area is 116 Å². The van der Waals surface area contributed by atoms with Crippen molar-refractivity contribution < 1.29 is 18.1 Å². The fourth-order valence-corrected chi connectivity index (χ4v) is 2.85. The first-order valence-corrected chi connectivity index (χ1v) is 7.06. The van der Waals surface area contributed by atoms with Gasteiger partial charge in [-0.1, -0.05) is 0 Å². The third kappa shape index (κ3) is 3.63. The number of nitro groups is 1. The van der Waals surface area contributed by atoms with Gasteiger partial charge in [0.2, 0.25) is 10.0 Å². The van der Waals surface area contributed by atoms with Crippen molar-refractivity contribution in [3.8, 4) is 0 Å². The molecule has 0 amide bonds. The number of methoxy groups -OCH3 is 1. The van der Waals surface area contributed by atoms with E-state index in [2.05, 4.69) is 10.1 Å². The first kappa shape index (κ1) is 16.3. The van der Waals surface area contributed by atoms with Crippen molar-refractivity contribution in [2.75, 3.05) is 25.7 Å². The van der Waals surface area contributed by atoms with Crippen LogP contribution in [0.1, 0.15) is 5.56 Å². The molecule has 0 fully saturated rings. The molecule has 4 N–H and O–H groups in total. The lowest BCUT2D eigenvalue weighted by Gasteiger charge is -2.11. The second-order valence-corrected chi connectivity index (χ2v) is 5.66. The van der Waals surface area contributed by atoms with Crippen molar-refractivity contribution in [3.05, 3.63) is 27.8 Å². The van der Waals surface area contributed by atoms with Crippen LogP contribution in [0, 0.1) is 17.0 Å². The predicted molar refractivity (Wildman–Crippen MR) is 72.7 cm³/mol. The van der Waals surface area contributed by atoms with E-state index in [1.165, 1.54) is 20.1 Å². The minimum absolute atomic E-state index is 0.0448. The van der Waals surface area contributed by atoms with Gasteiger partial charge in [0, 0.05) is 19.7 Å². The quantitative estimate of drug-likeness (QED) is 0.281. The number of nitro benzene ring substituents is 1. The average Bonchev–Trinajstić information content (AvgIpc) is 2.37. The van der Waals surface area contributed by atoms with Crippen LogP contribution in [0.3, 0.4) is 0 Å². The minimum Gasteiger partial charge on any atom is -0.383 e. The van der Waals surface area contributed by atoms with Crippen LogP contribution in [0.4, 0.5) is 11.4 Å². The normalized spacial score (nSPS) is 11.3. The van der Waals surface area contributed by atoms with E-state index in [-0.39, 0.29) is 23.7 Å². The summed E-state index contributed by atoms with van der Waals surface area (Å²) in [5, 5.41) is 10.9. The summed E-state index contributed by atoms with van der Waals surface area (Å²) in [5.41, 5.74) is 2.15. The Bertz CT molecular complexity index is 602. The molecule has 0 aliphatic carbocycles. The second kappa shape index (κ2) is 6.61. The summed E-state index contributed by atoms with van der Waals surface area (Å²) >= 11 is 0. The Morgan fingerprint density at radius 3 is 2.60 bits per heavy atom. The molecule has 0 unspecified atom stereocenters. The van der Waals surface area contributed by atoms with Crippen LogP contribution in [0.2, 0.25) is 0 Å². The molecule has 0 aliphatic rings. The van der Waals surface area contributed by atoms with E-state index in [1.807, 2.05) is 0 Å². The molecule has 0 radical (unpaired) electrons. The van der Waals surface area contributed by atoms with Crippen molar-refractivity contribution in [1.82, 2.24) is 4.72 Å². The topological polar surface area (TPSA) is 137 Å². The van der Waals surface area contributed by atoms with Gasteiger partial charge < -0.3 is 10.2 Å². The highest BCUT2D eigenvalue weighted by Gasteiger charge is 2.23. The number of nitrogens with one attached hydrogen (secondary N) is 2. The van der Waals surface area contributed by atoms with Crippen molar-refractivity contribution in [2.24, 2.45) is 5.84 Å². The summed E-state index contributed by atoms with van der Waals surface area (Å²) in [5.74, 6) is 5.18. The van der Waals surface area contributed by atoms with E-state index in [0.29, 0.717) is 5.56 Å². The molecular formula is C10H16N4O5S. The summed E-state index contributed by atoms with van der Waals surface area (Å²) in [4.78, 5) is 10.0. The number of rotatable bonds is 7. The number of anilines is 1. The summed E-state index contributed by atoms with van der Waals surface area (Å²) in [7, 11) is -2.41. The van der Waals surface area contributed by atoms with Gasteiger partial charge in [-0.15, -0.1) is 0 Å². The Kier molecular flexibility index (Phi) is 5.39. The average molecular weight is 304 g/mol. The van der Waals surface area contributed by atoms with Gasteiger partial charge in [-0.2, -0.15) is 0 Å². The summed E-state index contributed by atoms with van der Waals surface area (Å²) in [6, 6.07) is 2.28. The molecule has 0 heterocycles. The SMILES string of the molecule is COCCNS(=O)(=O)c1cc([N+](=O)[O-])c(NN)cc1C. The van der Waals surface area contributed by atoms with Gasteiger partial charge >= 0.3 is 0 Å². The number of sulfonamides is 1. The Morgan fingerprint density at radius 1 is 1.45 bits per heavy atom. The van der Waals surface area contributed by atoms with Crippen LogP contribution in [-0.2, 0) is 14.8 Å². The van der Waals surface area contributed by atoms with Crippen molar-refractivity contribution >= 4 is 21.4 Å². The number of nitrogens with two attached hydrogens (primary N) is 1. The van der Waals surface area contributed by atoms with Gasteiger partial charge in [-0.25, -0.2) is 13.1 Å². The molecule has 0 saturated carbocycles. The number of nitrogens with zero attached hydrogens (tertiary/aromatic N) is 1.